The minimum atomic E-state index is -1.02. The number of hydrogen-bond donors (Lipinski definition) is 2. The Morgan fingerprint density at radius 1 is 1.02 bits per heavy atom. The van der Waals surface area contributed by atoms with Gasteiger partial charge in [-0.15, -0.1) is 0 Å². The molecule has 2 aromatic carbocycles. The van der Waals surface area contributed by atoms with Gasteiger partial charge >= 0.3 is 0 Å². The SMILES string of the molecule is Cc1cccc(-c2nc(CC(=O)N3CCC(n4cc(CNc5cccc6c5C(=O)N(C5CCC(=O)NC5=O)C6=O)cn4)CC3)c(C)o2)c1. The van der Waals surface area contributed by atoms with Crippen molar-refractivity contribution in [3.05, 3.63) is 88.6 Å². The maximum absolute atomic E-state index is 13.4. The molecule has 48 heavy (non-hydrogen) atoms. The first-order valence-electron chi connectivity index (χ1n) is 16.1. The second-order valence-electron chi connectivity index (χ2n) is 12.5. The average Bonchev–Trinajstić information content (AvgIpc) is 3.77. The van der Waals surface area contributed by atoms with Gasteiger partial charge in [0.05, 0.1) is 35.5 Å². The zero-order chi connectivity index (χ0) is 33.5. The van der Waals surface area contributed by atoms with E-state index in [9.17, 15) is 24.0 Å². The van der Waals surface area contributed by atoms with Crippen molar-refractivity contribution < 1.29 is 28.4 Å². The molecule has 1 atom stereocenters. The number of aryl methyl sites for hydroxylation is 2. The Morgan fingerprint density at radius 2 is 1.81 bits per heavy atom. The molecule has 2 N–H and O–H groups in total. The van der Waals surface area contributed by atoms with Crippen molar-refractivity contribution in [3.8, 4) is 11.5 Å². The van der Waals surface area contributed by atoms with Crippen molar-refractivity contribution in [1.29, 1.82) is 0 Å². The maximum atomic E-state index is 13.4. The number of anilines is 1. The van der Waals surface area contributed by atoms with Crippen LogP contribution in [0.3, 0.4) is 0 Å². The lowest BCUT2D eigenvalue weighted by Crippen LogP contribution is -2.54. The quantitative estimate of drug-likeness (QED) is 0.272. The Kier molecular flexibility index (Phi) is 8.11. The minimum Gasteiger partial charge on any atom is -0.441 e. The van der Waals surface area contributed by atoms with Gasteiger partial charge in [0.25, 0.3) is 11.8 Å². The van der Waals surface area contributed by atoms with Gasteiger partial charge in [0.2, 0.25) is 23.6 Å². The van der Waals surface area contributed by atoms with Gasteiger partial charge in [0, 0.05) is 49.1 Å². The molecule has 0 spiro atoms. The molecule has 4 aromatic rings. The molecule has 2 saturated heterocycles. The molecule has 13 nitrogen and oxygen atoms in total. The molecule has 2 fully saturated rings. The highest BCUT2D eigenvalue weighted by atomic mass is 16.4. The number of benzene rings is 2. The highest BCUT2D eigenvalue weighted by molar-refractivity contribution is 6.25. The number of aromatic nitrogens is 3. The largest absolute Gasteiger partial charge is 0.441 e. The van der Waals surface area contributed by atoms with Gasteiger partial charge in [0.15, 0.2) is 0 Å². The zero-order valence-electron chi connectivity index (χ0n) is 26.7. The molecule has 246 valence electrons. The van der Waals surface area contributed by atoms with Crippen LogP contribution in [0.25, 0.3) is 11.5 Å². The molecule has 13 heteroatoms. The minimum absolute atomic E-state index is 0.0191. The molecule has 0 bridgehead atoms. The Balaban J connectivity index is 0.942. The van der Waals surface area contributed by atoms with E-state index in [1.54, 1.807) is 24.4 Å². The van der Waals surface area contributed by atoms with Gasteiger partial charge in [-0.05, 0) is 57.4 Å². The number of likely N-dealkylation sites (tertiary alicyclic amines) is 1. The van der Waals surface area contributed by atoms with Crippen molar-refractivity contribution >= 4 is 35.2 Å². The summed E-state index contributed by atoms with van der Waals surface area (Å²) in [4.78, 5) is 71.2. The normalized spacial score (nSPS) is 18.3. The molecule has 3 aliphatic rings. The summed E-state index contributed by atoms with van der Waals surface area (Å²) < 4.78 is 7.80. The number of nitrogens with one attached hydrogen (secondary N) is 2. The smallest absolute Gasteiger partial charge is 0.264 e. The molecule has 3 aliphatic heterocycles. The van der Waals surface area contributed by atoms with Gasteiger partial charge in [0.1, 0.15) is 11.8 Å². The molecule has 0 aliphatic carbocycles. The van der Waals surface area contributed by atoms with E-state index in [2.05, 4.69) is 20.7 Å². The van der Waals surface area contributed by atoms with E-state index in [1.165, 1.54) is 0 Å². The number of carbonyl (C=O) groups is 5. The second kappa shape index (κ2) is 12.5. The summed E-state index contributed by atoms with van der Waals surface area (Å²) in [6.07, 6.45) is 5.57. The summed E-state index contributed by atoms with van der Waals surface area (Å²) in [5, 5.41) is 10.1. The molecule has 0 saturated carbocycles. The molecular formula is C35H35N7O6. The first kappa shape index (κ1) is 31.0. The highest BCUT2D eigenvalue weighted by Crippen LogP contribution is 2.33. The van der Waals surface area contributed by atoms with Crippen LogP contribution in [-0.4, -0.2) is 73.2 Å². The first-order valence-corrected chi connectivity index (χ1v) is 16.1. The van der Waals surface area contributed by atoms with Gasteiger partial charge in [-0.3, -0.25) is 38.9 Å². The fourth-order valence-electron chi connectivity index (χ4n) is 6.66. The molecular weight excluding hydrogens is 614 g/mol. The number of fused-ring (bicyclic) bond motifs is 1. The van der Waals surface area contributed by atoms with Gasteiger partial charge in [-0.25, -0.2) is 4.98 Å². The molecule has 7 rings (SSSR count). The van der Waals surface area contributed by atoms with Crippen LogP contribution < -0.4 is 10.6 Å². The molecule has 5 heterocycles. The van der Waals surface area contributed by atoms with E-state index < -0.39 is 29.7 Å². The number of nitrogens with zero attached hydrogens (tertiary/aromatic N) is 5. The van der Waals surface area contributed by atoms with Crippen molar-refractivity contribution in [1.82, 2.24) is 29.9 Å². The van der Waals surface area contributed by atoms with Gasteiger partial charge < -0.3 is 14.6 Å². The number of piperidine rings is 2. The number of rotatable bonds is 8. The van der Waals surface area contributed by atoms with Crippen molar-refractivity contribution in [2.45, 2.75) is 64.6 Å². The molecule has 5 amide bonds. The van der Waals surface area contributed by atoms with Gasteiger partial charge in [-0.2, -0.15) is 5.10 Å². The maximum Gasteiger partial charge on any atom is 0.264 e. The summed E-state index contributed by atoms with van der Waals surface area (Å²) in [7, 11) is 0. The van der Waals surface area contributed by atoms with E-state index in [-0.39, 0.29) is 42.3 Å². The first-order chi connectivity index (χ1) is 23.2. The van der Waals surface area contributed by atoms with Crippen molar-refractivity contribution in [3.63, 3.8) is 0 Å². The summed E-state index contributed by atoms with van der Waals surface area (Å²) in [6.45, 7) is 5.42. The number of carbonyl (C=O) groups excluding carboxylic acids is 5. The summed E-state index contributed by atoms with van der Waals surface area (Å²) in [6, 6.07) is 12.0. The standard InChI is InChI=1S/C35H35N7O6/c1-20-5-3-6-23(15-20)33-38-27(21(2)48-33)16-30(44)40-13-11-24(12-14-40)41-19-22(18-37-41)17-36-26-8-4-7-25-31(26)35(47)42(34(25)46)28-9-10-29(43)39-32(28)45/h3-8,15,18-19,24,28,36H,9-14,16-17H2,1-2H3,(H,39,43,45). The number of hydrogen-bond acceptors (Lipinski definition) is 9. The summed E-state index contributed by atoms with van der Waals surface area (Å²) >= 11 is 0. The fourth-order valence-corrected chi connectivity index (χ4v) is 6.66. The molecule has 0 radical (unpaired) electrons. The third-order valence-corrected chi connectivity index (χ3v) is 9.27. The zero-order valence-corrected chi connectivity index (χ0v) is 26.7. The third-order valence-electron chi connectivity index (χ3n) is 9.27. The van der Waals surface area contributed by atoms with Crippen LogP contribution in [0.1, 0.15) is 75.0 Å². The van der Waals surface area contributed by atoms with E-state index >= 15 is 0 Å². The second-order valence-corrected chi connectivity index (χ2v) is 12.5. The molecule has 2 aromatic heterocycles. The lowest BCUT2D eigenvalue weighted by molar-refractivity contribution is -0.136. The van der Waals surface area contributed by atoms with Crippen LogP contribution in [0.15, 0.2) is 59.3 Å². The van der Waals surface area contributed by atoms with Crippen LogP contribution in [-0.2, 0) is 27.3 Å². The van der Waals surface area contributed by atoms with Crippen LogP contribution in [0.5, 0.6) is 0 Å². The lowest BCUT2D eigenvalue weighted by atomic mass is 10.0. The van der Waals surface area contributed by atoms with Crippen LogP contribution in [0.2, 0.25) is 0 Å². The summed E-state index contributed by atoms with van der Waals surface area (Å²) in [5.74, 6) is -0.978. The highest BCUT2D eigenvalue weighted by Gasteiger charge is 2.45. The third kappa shape index (κ3) is 5.87. The van der Waals surface area contributed by atoms with Crippen LogP contribution >= 0.6 is 0 Å². The lowest BCUT2D eigenvalue weighted by Gasteiger charge is -2.32. The van der Waals surface area contributed by atoms with E-state index in [4.69, 9.17) is 4.42 Å². The van der Waals surface area contributed by atoms with Gasteiger partial charge in [-0.1, -0.05) is 23.8 Å². The van der Waals surface area contributed by atoms with E-state index in [1.807, 2.05) is 53.9 Å². The predicted octanol–water partition coefficient (Wildman–Crippen LogP) is 3.57. The van der Waals surface area contributed by atoms with Crippen LogP contribution in [0.4, 0.5) is 5.69 Å². The van der Waals surface area contributed by atoms with Crippen LogP contribution in [0, 0.1) is 13.8 Å². The fraction of sp³-hybridized carbons (Fsp3) is 0.343. The topological polar surface area (TPSA) is 160 Å². The number of oxazole rings is 1. The monoisotopic (exact) mass is 649 g/mol. The predicted molar refractivity (Wildman–Crippen MR) is 173 cm³/mol. The average molecular weight is 650 g/mol. The Bertz CT molecular complexity index is 1950. The Morgan fingerprint density at radius 3 is 2.58 bits per heavy atom. The van der Waals surface area contributed by atoms with E-state index in [0.717, 1.165) is 34.4 Å². The number of imide groups is 2. The Hall–Kier alpha value is -5.59. The number of amides is 5. The van der Waals surface area contributed by atoms with Crippen molar-refractivity contribution in [2.75, 3.05) is 18.4 Å². The van der Waals surface area contributed by atoms with E-state index in [0.29, 0.717) is 42.7 Å². The molecule has 1 unspecified atom stereocenters. The van der Waals surface area contributed by atoms with Crippen molar-refractivity contribution in [2.24, 2.45) is 0 Å². The Labute approximate surface area is 276 Å². The summed E-state index contributed by atoms with van der Waals surface area (Å²) in [5.41, 5.74) is 4.45.